The number of benzene rings is 1. The van der Waals surface area contributed by atoms with Crippen LogP contribution in [-0.4, -0.2) is 31.2 Å². The van der Waals surface area contributed by atoms with Crippen molar-refractivity contribution in [3.63, 3.8) is 0 Å². The molecule has 0 radical (unpaired) electrons. The van der Waals surface area contributed by atoms with Crippen LogP contribution in [0.1, 0.15) is 19.8 Å². The maximum atomic E-state index is 5.97. The van der Waals surface area contributed by atoms with Crippen LogP contribution in [0.25, 0.3) is 0 Å². The zero-order chi connectivity index (χ0) is 12.8. The van der Waals surface area contributed by atoms with Crippen LogP contribution in [-0.2, 0) is 0 Å². The number of hydrogen-bond acceptors (Lipinski definition) is 4. The van der Waals surface area contributed by atoms with Crippen LogP contribution in [0.5, 0.6) is 5.75 Å². The fourth-order valence-corrected chi connectivity index (χ4v) is 2.98. The second-order valence-corrected chi connectivity index (χ2v) is 5.79. The number of nitrogens with zero attached hydrogens (tertiary/aromatic N) is 1. The Morgan fingerprint density at radius 3 is 3.00 bits per heavy atom. The Morgan fingerprint density at radius 2 is 2.17 bits per heavy atom. The summed E-state index contributed by atoms with van der Waals surface area (Å²) >= 11 is 2.03. The third kappa shape index (κ3) is 3.73. The summed E-state index contributed by atoms with van der Waals surface area (Å²) < 4.78 is 5.69. The molecule has 1 saturated heterocycles. The topological polar surface area (TPSA) is 38.5 Å². The first-order valence-electron chi connectivity index (χ1n) is 6.65. The fraction of sp³-hybridized carbons (Fsp3) is 0.571. The van der Waals surface area contributed by atoms with Gasteiger partial charge in [-0.3, -0.25) is 0 Å². The van der Waals surface area contributed by atoms with Crippen LogP contribution in [0.4, 0.5) is 11.4 Å². The van der Waals surface area contributed by atoms with E-state index < -0.39 is 0 Å². The molecule has 0 spiro atoms. The van der Waals surface area contributed by atoms with Gasteiger partial charge >= 0.3 is 0 Å². The quantitative estimate of drug-likeness (QED) is 0.850. The van der Waals surface area contributed by atoms with E-state index in [2.05, 4.69) is 24.0 Å². The molecular weight excluding hydrogens is 244 g/mol. The highest BCUT2D eigenvalue weighted by molar-refractivity contribution is 7.99. The van der Waals surface area contributed by atoms with Crippen molar-refractivity contribution in [1.82, 2.24) is 0 Å². The number of rotatable bonds is 4. The fourth-order valence-electron chi connectivity index (χ4n) is 2.10. The van der Waals surface area contributed by atoms with E-state index in [-0.39, 0.29) is 0 Å². The summed E-state index contributed by atoms with van der Waals surface area (Å²) in [7, 11) is 0. The lowest BCUT2D eigenvalue weighted by atomic mass is 10.2. The molecule has 1 aromatic rings. The van der Waals surface area contributed by atoms with Crippen molar-refractivity contribution in [3.8, 4) is 5.75 Å². The molecule has 18 heavy (non-hydrogen) atoms. The van der Waals surface area contributed by atoms with Gasteiger partial charge in [-0.2, -0.15) is 11.8 Å². The third-order valence-corrected chi connectivity index (χ3v) is 4.02. The standard InChI is InChI=1S/C14H22N2OS/c1-2-6-17-14-10-12(15)9-13(11-14)16-4-3-7-18-8-5-16/h9-11H,2-8,15H2,1H3. The molecule has 0 bridgehead atoms. The van der Waals surface area contributed by atoms with Gasteiger partial charge < -0.3 is 15.4 Å². The maximum Gasteiger partial charge on any atom is 0.123 e. The second-order valence-electron chi connectivity index (χ2n) is 4.56. The van der Waals surface area contributed by atoms with Gasteiger partial charge in [0, 0.05) is 42.3 Å². The van der Waals surface area contributed by atoms with Crippen LogP contribution in [0.15, 0.2) is 18.2 Å². The molecule has 2 rings (SSSR count). The summed E-state index contributed by atoms with van der Waals surface area (Å²) in [6, 6.07) is 6.07. The van der Waals surface area contributed by atoms with Gasteiger partial charge in [-0.25, -0.2) is 0 Å². The van der Waals surface area contributed by atoms with E-state index >= 15 is 0 Å². The predicted molar refractivity (Wildman–Crippen MR) is 80.8 cm³/mol. The van der Waals surface area contributed by atoms with Gasteiger partial charge in [0.2, 0.25) is 0 Å². The van der Waals surface area contributed by atoms with E-state index in [0.717, 1.165) is 37.6 Å². The van der Waals surface area contributed by atoms with E-state index in [1.165, 1.54) is 23.6 Å². The third-order valence-electron chi connectivity index (χ3n) is 2.97. The van der Waals surface area contributed by atoms with E-state index in [0.29, 0.717) is 0 Å². The molecule has 1 heterocycles. The molecular formula is C14H22N2OS. The normalized spacial score (nSPS) is 16.4. The van der Waals surface area contributed by atoms with E-state index in [4.69, 9.17) is 10.5 Å². The number of nitrogen functional groups attached to an aromatic ring is 1. The molecule has 3 nitrogen and oxygen atoms in total. The molecule has 1 fully saturated rings. The number of nitrogens with two attached hydrogens (primary N) is 1. The first-order valence-corrected chi connectivity index (χ1v) is 7.81. The summed E-state index contributed by atoms with van der Waals surface area (Å²) in [6.45, 7) is 5.07. The molecule has 0 atom stereocenters. The molecule has 0 saturated carbocycles. The molecule has 0 amide bonds. The number of ether oxygens (including phenoxy) is 1. The minimum Gasteiger partial charge on any atom is -0.493 e. The SMILES string of the molecule is CCCOc1cc(N)cc(N2CCCSCC2)c1. The Balaban J connectivity index is 2.12. The smallest absolute Gasteiger partial charge is 0.123 e. The Hall–Kier alpha value is -1.03. The van der Waals surface area contributed by atoms with Gasteiger partial charge in [0.05, 0.1) is 6.61 Å². The first-order chi connectivity index (χ1) is 8.79. The van der Waals surface area contributed by atoms with Crippen LogP contribution < -0.4 is 15.4 Å². The second kappa shape index (κ2) is 6.78. The van der Waals surface area contributed by atoms with Crippen molar-refractivity contribution < 1.29 is 4.74 Å². The minimum atomic E-state index is 0.749. The number of thioether (sulfide) groups is 1. The van der Waals surface area contributed by atoms with Gasteiger partial charge in [-0.15, -0.1) is 0 Å². The number of hydrogen-bond donors (Lipinski definition) is 1. The molecule has 0 aliphatic carbocycles. The Bertz CT molecular complexity index is 376. The van der Waals surface area contributed by atoms with Crippen molar-refractivity contribution >= 4 is 23.1 Å². The van der Waals surface area contributed by atoms with Crippen LogP contribution in [0.3, 0.4) is 0 Å². The highest BCUT2D eigenvalue weighted by Gasteiger charge is 2.11. The van der Waals surface area contributed by atoms with Crippen LogP contribution in [0, 0.1) is 0 Å². The molecule has 1 aliphatic heterocycles. The molecule has 1 aliphatic rings. The lowest BCUT2D eigenvalue weighted by Gasteiger charge is -2.23. The van der Waals surface area contributed by atoms with E-state index in [9.17, 15) is 0 Å². The van der Waals surface area contributed by atoms with Crippen molar-refractivity contribution in [3.05, 3.63) is 18.2 Å². The molecule has 2 N–H and O–H groups in total. The van der Waals surface area contributed by atoms with Crippen molar-refractivity contribution in [2.75, 3.05) is 41.8 Å². The van der Waals surface area contributed by atoms with Crippen LogP contribution in [0.2, 0.25) is 0 Å². The van der Waals surface area contributed by atoms with Crippen molar-refractivity contribution in [1.29, 1.82) is 0 Å². The number of anilines is 2. The molecule has 0 unspecified atom stereocenters. The Morgan fingerprint density at radius 1 is 1.28 bits per heavy atom. The van der Waals surface area contributed by atoms with Crippen molar-refractivity contribution in [2.45, 2.75) is 19.8 Å². The van der Waals surface area contributed by atoms with Gasteiger partial charge in [0.1, 0.15) is 5.75 Å². The summed E-state index contributed by atoms with van der Waals surface area (Å²) in [5.74, 6) is 3.35. The predicted octanol–water partition coefficient (Wildman–Crippen LogP) is 3.00. The Kier molecular flexibility index (Phi) is 5.05. The highest BCUT2D eigenvalue weighted by Crippen LogP contribution is 2.27. The summed E-state index contributed by atoms with van der Waals surface area (Å²) in [4.78, 5) is 2.41. The van der Waals surface area contributed by atoms with E-state index in [1.54, 1.807) is 0 Å². The summed E-state index contributed by atoms with van der Waals surface area (Å²) in [6.07, 6.45) is 2.26. The zero-order valence-corrected chi connectivity index (χ0v) is 11.8. The largest absolute Gasteiger partial charge is 0.493 e. The van der Waals surface area contributed by atoms with E-state index in [1.807, 2.05) is 17.8 Å². The van der Waals surface area contributed by atoms with Crippen LogP contribution >= 0.6 is 11.8 Å². The lowest BCUT2D eigenvalue weighted by molar-refractivity contribution is 0.317. The average molecular weight is 266 g/mol. The highest BCUT2D eigenvalue weighted by atomic mass is 32.2. The Labute approximate surface area is 114 Å². The molecule has 4 heteroatoms. The lowest BCUT2D eigenvalue weighted by Crippen LogP contribution is -2.25. The van der Waals surface area contributed by atoms with Crippen molar-refractivity contribution in [2.24, 2.45) is 0 Å². The summed E-state index contributed by atoms with van der Waals surface area (Å²) in [5.41, 5.74) is 7.95. The average Bonchev–Trinajstić information content (AvgIpc) is 2.64. The van der Waals surface area contributed by atoms with Gasteiger partial charge in [0.15, 0.2) is 0 Å². The van der Waals surface area contributed by atoms with Gasteiger partial charge in [0.25, 0.3) is 0 Å². The summed E-state index contributed by atoms with van der Waals surface area (Å²) in [5, 5.41) is 0. The zero-order valence-electron chi connectivity index (χ0n) is 11.0. The minimum absolute atomic E-state index is 0.749. The molecule has 100 valence electrons. The van der Waals surface area contributed by atoms with Gasteiger partial charge in [-0.05, 0) is 24.7 Å². The van der Waals surface area contributed by atoms with Gasteiger partial charge in [-0.1, -0.05) is 6.92 Å². The molecule has 0 aromatic heterocycles. The first kappa shape index (κ1) is 13.4. The molecule has 1 aromatic carbocycles. The monoisotopic (exact) mass is 266 g/mol. The maximum absolute atomic E-state index is 5.97.